The van der Waals surface area contributed by atoms with E-state index in [4.69, 9.17) is 10.5 Å². The van der Waals surface area contributed by atoms with Crippen LogP contribution in [0.3, 0.4) is 0 Å². The zero-order valence-corrected chi connectivity index (χ0v) is 13.4. The molecule has 0 aromatic heterocycles. The first-order chi connectivity index (χ1) is 11.1. The molecule has 0 spiro atoms. The molecule has 23 heavy (non-hydrogen) atoms. The Hall–Kier alpha value is -2.04. The molecule has 1 saturated heterocycles. The molecule has 1 aliphatic heterocycles. The lowest BCUT2D eigenvalue weighted by atomic mass is 9.78. The number of fused-ring (bicyclic) bond motifs is 1. The van der Waals surface area contributed by atoms with Gasteiger partial charge in [-0.1, -0.05) is 12.8 Å². The van der Waals surface area contributed by atoms with Crippen LogP contribution in [0.15, 0.2) is 24.3 Å². The molecule has 0 bridgehead atoms. The molecule has 1 heterocycles. The Balaban J connectivity index is 1.57. The number of carbonyl (C=O) groups excluding carboxylic acids is 2. The zero-order chi connectivity index (χ0) is 16.2. The van der Waals surface area contributed by atoms with E-state index in [0.29, 0.717) is 23.3 Å². The summed E-state index contributed by atoms with van der Waals surface area (Å²) in [6, 6.07) is 6.98. The van der Waals surface area contributed by atoms with Crippen LogP contribution in [0.4, 0.5) is 0 Å². The number of amides is 2. The van der Waals surface area contributed by atoms with Gasteiger partial charge in [-0.05, 0) is 55.9 Å². The number of nitrogens with zero attached hydrogens (tertiary/aromatic N) is 1. The summed E-state index contributed by atoms with van der Waals surface area (Å²) in [4.78, 5) is 25.6. The Kier molecular flexibility index (Phi) is 4.84. The monoisotopic (exact) mass is 316 g/mol. The number of piperidine rings is 1. The molecule has 5 heteroatoms. The molecular weight excluding hydrogens is 292 g/mol. The lowest BCUT2D eigenvalue weighted by Crippen LogP contribution is -2.51. The molecule has 1 saturated carbocycles. The van der Waals surface area contributed by atoms with Gasteiger partial charge in [0.25, 0.3) is 5.91 Å². The molecule has 124 valence electrons. The van der Waals surface area contributed by atoms with Crippen LogP contribution in [-0.2, 0) is 4.79 Å². The van der Waals surface area contributed by atoms with Crippen LogP contribution in [0, 0.1) is 5.92 Å². The van der Waals surface area contributed by atoms with Gasteiger partial charge < -0.3 is 15.4 Å². The molecule has 1 aliphatic carbocycles. The highest BCUT2D eigenvalue weighted by atomic mass is 16.5. The Bertz CT molecular complexity index is 568. The van der Waals surface area contributed by atoms with Gasteiger partial charge in [0, 0.05) is 18.2 Å². The lowest BCUT2D eigenvalue weighted by molar-refractivity contribution is -0.139. The predicted octanol–water partition coefficient (Wildman–Crippen LogP) is 2.35. The van der Waals surface area contributed by atoms with Crippen LogP contribution in [0.2, 0.25) is 0 Å². The van der Waals surface area contributed by atoms with Crippen molar-refractivity contribution in [3.05, 3.63) is 29.8 Å². The van der Waals surface area contributed by atoms with Gasteiger partial charge >= 0.3 is 0 Å². The molecule has 2 atom stereocenters. The minimum atomic E-state index is -0.468. The first-order valence-electron chi connectivity index (χ1n) is 8.47. The van der Waals surface area contributed by atoms with E-state index < -0.39 is 5.91 Å². The van der Waals surface area contributed by atoms with Crippen molar-refractivity contribution in [1.82, 2.24) is 4.90 Å². The molecular formula is C18H24N2O3. The maximum absolute atomic E-state index is 12.5. The summed E-state index contributed by atoms with van der Waals surface area (Å²) in [6.07, 6.45) is 7.25. The van der Waals surface area contributed by atoms with Crippen molar-refractivity contribution < 1.29 is 14.3 Å². The van der Waals surface area contributed by atoms with E-state index in [0.717, 1.165) is 19.4 Å². The summed E-state index contributed by atoms with van der Waals surface area (Å²) in [7, 11) is 0. The molecule has 1 aromatic carbocycles. The van der Waals surface area contributed by atoms with Crippen molar-refractivity contribution in [3.8, 4) is 5.75 Å². The number of likely N-dealkylation sites (tertiary alicyclic amines) is 1. The number of hydrogen-bond donors (Lipinski definition) is 1. The van der Waals surface area contributed by atoms with Crippen molar-refractivity contribution in [3.63, 3.8) is 0 Å². The van der Waals surface area contributed by atoms with E-state index in [2.05, 4.69) is 0 Å². The molecule has 2 N–H and O–H groups in total. The number of benzene rings is 1. The van der Waals surface area contributed by atoms with E-state index in [1.54, 1.807) is 24.3 Å². The summed E-state index contributed by atoms with van der Waals surface area (Å²) >= 11 is 0. The quantitative estimate of drug-likeness (QED) is 0.926. The largest absolute Gasteiger partial charge is 0.484 e. The van der Waals surface area contributed by atoms with Crippen LogP contribution in [0.25, 0.3) is 0 Å². The van der Waals surface area contributed by atoms with Crippen LogP contribution in [0.1, 0.15) is 48.9 Å². The number of primary amides is 1. The summed E-state index contributed by atoms with van der Waals surface area (Å²) in [5, 5.41) is 0. The highest BCUT2D eigenvalue weighted by molar-refractivity contribution is 5.92. The van der Waals surface area contributed by atoms with Crippen LogP contribution in [-0.4, -0.2) is 35.9 Å². The van der Waals surface area contributed by atoms with Crippen LogP contribution >= 0.6 is 0 Å². The molecule has 2 amide bonds. The van der Waals surface area contributed by atoms with Crippen molar-refractivity contribution >= 4 is 11.8 Å². The van der Waals surface area contributed by atoms with E-state index in [-0.39, 0.29) is 12.5 Å². The first kappa shape index (κ1) is 15.8. The summed E-state index contributed by atoms with van der Waals surface area (Å²) in [5.41, 5.74) is 5.64. The Morgan fingerprint density at radius 3 is 2.52 bits per heavy atom. The third-order valence-electron chi connectivity index (χ3n) is 5.06. The summed E-state index contributed by atoms with van der Waals surface area (Å²) in [5.74, 6) is 0.863. The molecule has 2 aliphatic rings. The van der Waals surface area contributed by atoms with E-state index in [9.17, 15) is 9.59 Å². The minimum absolute atomic E-state index is 0.0547. The number of rotatable bonds is 4. The van der Waals surface area contributed by atoms with Crippen molar-refractivity contribution in [2.75, 3.05) is 13.2 Å². The SMILES string of the molecule is NC(=O)c1ccc(OCC(=O)N2CCCC3CCCCC32)cc1. The smallest absolute Gasteiger partial charge is 0.260 e. The second-order valence-electron chi connectivity index (χ2n) is 6.52. The number of ether oxygens (including phenoxy) is 1. The fourth-order valence-electron chi connectivity index (χ4n) is 3.88. The van der Waals surface area contributed by atoms with E-state index in [1.165, 1.54) is 25.7 Å². The average Bonchev–Trinajstić information content (AvgIpc) is 2.59. The summed E-state index contributed by atoms with van der Waals surface area (Å²) in [6.45, 7) is 0.906. The Morgan fingerprint density at radius 2 is 1.78 bits per heavy atom. The zero-order valence-electron chi connectivity index (χ0n) is 13.4. The topological polar surface area (TPSA) is 72.6 Å². The fourth-order valence-corrected chi connectivity index (χ4v) is 3.88. The van der Waals surface area contributed by atoms with Gasteiger partial charge in [0.2, 0.25) is 5.91 Å². The molecule has 2 unspecified atom stereocenters. The molecule has 0 radical (unpaired) electrons. The first-order valence-corrected chi connectivity index (χ1v) is 8.47. The van der Waals surface area contributed by atoms with Gasteiger partial charge in [-0.2, -0.15) is 0 Å². The van der Waals surface area contributed by atoms with Gasteiger partial charge in [0.05, 0.1) is 0 Å². The van der Waals surface area contributed by atoms with Crippen LogP contribution < -0.4 is 10.5 Å². The van der Waals surface area contributed by atoms with Crippen molar-refractivity contribution in [1.29, 1.82) is 0 Å². The Labute approximate surface area is 136 Å². The summed E-state index contributed by atoms with van der Waals surface area (Å²) < 4.78 is 5.59. The van der Waals surface area contributed by atoms with Gasteiger partial charge in [-0.15, -0.1) is 0 Å². The second-order valence-corrected chi connectivity index (χ2v) is 6.52. The Morgan fingerprint density at radius 1 is 1.09 bits per heavy atom. The maximum Gasteiger partial charge on any atom is 0.260 e. The van der Waals surface area contributed by atoms with Crippen LogP contribution in [0.5, 0.6) is 5.75 Å². The van der Waals surface area contributed by atoms with Crippen molar-refractivity contribution in [2.45, 2.75) is 44.6 Å². The average molecular weight is 316 g/mol. The minimum Gasteiger partial charge on any atom is -0.484 e. The number of hydrogen-bond acceptors (Lipinski definition) is 3. The van der Waals surface area contributed by atoms with E-state index >= 15 is 0 Å². The van der Waals surface area contributed by atoms with Gasteiger partial charge in [-0.25, -0.2) is 0 Å². The van der Waals surface area contributed by atoms with Gasteiger partial charge in [-0.3, -0.25) is 9.59 Å². The molecule has 5 nitrogen and oxygen atoms in total. The second kappa shape index (κ2) is 7.02. The fraction of sp³-hybridized carbons (Fsp3) is 0.556. The number of nitrogens with two attached hydrogens (primary N) is 1. The normalized spacial score (nSPS) is 23.9. The lowest BCUT2D eigenvalue weighted by Gasteiger charge is -2.44. The highest BCUT2D eigenvalue weighted by Gasteiger charge is 2.35. The van der Waals surface area contributed by atoms with E-state index in [1.807, 2.05) is 4.90 Å². The van der Waals surface area contributed by atoms with Gasteiger partial charge in [0.1, 0.15) is 5.75 Å². The standard InChI is InChI=1S/C18H24N2O3/c19-18(22)14-7-9-15(10-8-14)23-12-17(21)20-11-3-5-13-4-1-2-6-16(13)20/h7-10,13,16H,1-6,11-12H2,(H2,19,22). The van der Waals surface area contributed by atoms with Crippen molar-refractivity contribution in [2.24, 2.45) is 11.7 Å². The van der Waals surface area contributed by atoms with Gasteiger partial charge in [0.15, 0.2) is 6.61 Å². The highest BCUT2D eigenvalue weighted by Crippen LogP contribution is 2.35. The third kappa shape index (κ3) is 3.66. The molecule has 1 aromatic rings. The number of carbonyl (C=O) groups is 2. The molecule has 2 fully saturated rings. The predicted molar refractivity (Wildman–Crippen MR) is 87.1 cm³/mol. The molecule has 3 rings (SSSR count). The maximum atomic E-state index is 12.5. The third-order valence-corrected chi connectivity index (χ3v) is 5.06.